The Balaban J connectivity index is 1.48. The van der Waals surface area contributed by atoms with Crippen molar-refractivity contribution in [2.75, 3.05) is 19.7 Å². The molecule has 1 atom stereocenters. The van der Waals surface area contributed by atoms with E-state index in [-0.39, 0.29) is 6.10 Å². The highest BCUT2D eigenvalue weighted by atomic mass is 35.5. The van der Waals surface area contributed by atoms with Crippen LogP contribution in [0.15, 0.2) is 60.9 Å². The Morgan fingerprint density at radius 1 is 1.12 bits per heavy atom. The first-order valence-electron chi connectivity index (χ1n) is 8.50. The lowest BCUT2D eigenvalue weighted by Crippen LogP contribution is -2.39. The van der Waals surface area contributed by atoms with Crippen LogP contribution in [0.2, 0.25) is 5.02 Å². The van der Waals surface area contributed by atoms with Crippen molar-refractivity contribution in [3.05, 3.63) is 76.3 Å². The molecular weight excluding hydrogens is 368 g/mol. The predicted molar refractivity (Wildman–Crippen MR) is 104 cm³/mol. The Morgan fingerprint density at radius 3 is 2.65 bits per heavy atom. The summed E-state index contributed by atoms with van der Waals surface area (Å²) in [5, 5.41) is 5.21. The van der Waals surface area contributed by atoms with Gasteiger partial charge in [0, 0.05) is 23.8 Å². The van der Waals surface area contributed by atoms with Crippen LogP contribution < -0.4 is 0 Å². The zero-order valence-corrected chi connectivity index (χ0v) is 15.7. The second-order valence-corrected chi connectivity index (χ2v) is 7.05. The fourth-order valence-electron chi connectivity index (χ4n) is 3.10. The van der Waals surface area contributed by atoms with Gasteiger partial charge in [0.25, 0.3) is 0 Å². The normalized spacial score (nSPS) is 18.1. The summed E-state index contributed by atoms with van der Waals surface area (Å²) in [6.45, 7) is 2.97. The van der Waals surface area contributed by atoms with Crippen molar-refractivity contribution in [2.45, 2.75) is 12.8 Å². The Kier molecular flexibility index (Phi) is 5.17. The predicted octanol–water partition coefficient (Wildman–Crippen LogP) is 4.09. The van der Waals surface area contributed by atoms with Gasteiger partial charge in [-0.3, -0.25) is 9.47 Å². The summed E-state index contributed by atoms with van der Waals surface area (Å²) in [5.41, 5.74) is 2.15. The number of halogens is 1. The second kappa shape index (κ2) is 7.72. The third-order valence-electron chi connectivity index (χ3n) is 4.49. The van der Waals surface area contributed by atoms with Gasteiger partial charge in [0.15, 0.2) is 0 Å². The van der Waals surface area contributed by atoms with Crippen LogP contribution in [0, 0.1) is 4.77 Å². The van der Waals surface area contributed by atoms with Gasteiger partial charge in [0.05, 0.1) is 19.4 Å². The van der Waals surface area contributed by atoms with Gasteiger partial charge >= 0.3 is 0 Å². The molecule has 1 unspecified atom stereocenters. The molecule has 3 aromatic rings. The van der Waals surface area contributed by atoms with E-state index in [0.717, 1.165) is 29.4 Å². The van der Waals surface area contributed by atoms with Crippen LogP contribution in [0.4, 0.5) is 0 Å². The largest absolute Gasteiger partial charge is 0.371 e. The van der Waals surface area contributed by atoms with E-state index in [0.29, 0.717) is 18.0 Å². The molecule has 26 heavy (non-hydrogen) atoms. The van der Waals surface area contributed by atoms with Crippen molar-refractivity contribution < 1.29 is 4.74 Å². The number of benzene rings is 2. The van der Waals surface area contributed by atoms with Crippen molar-refractivity contribution in [3.63, 3.8) is 0 Å². The van der Waals surface area contributed by atoms with E-state index in [1.807, 2.05) is 63.8 Å². The van der Waals surface area contributed by atoms with Crippen molar-refractivity contribution in [1.29, 1.82) is 0 Å². The summed E-state index contributed by atoms with van der Waals surface area (Å²) in [5.74, 6) is 0. The van der Waals surface area contributed by atoms with E-state index in [4.69, 9.17) is 28.6 Å². The number of morpholine rings is 1. The van der Waals surface area contributed by atoms with Crippen LogP contribution in [-0.2, 0) is 11.4 Å². The summed E-state index contributed by atoms with van der Waals surface area (Å²) in [6, 6.07) is 17.9. The molecule has 0 N–H and O–H groups in total. The number of rotatable bonds is 4. The van der Waals surface area contributed by atoms with Gasteiger partial charge in [-0.25, -0.2) is 4.68 Å². The molecule has 2 aromatic carbocycles. The summed E-state index contributed by atoms with van der Waals surface area (Å²) in [4.78, 5) is 2.31. The van der Waals surface area contributed by atoms with Crippen LogP contribution >= 0.6 is 23.8 Å². The molecule has 0 bridgehead atoms. The van der Waals surface area contributed by atoms with Crippen molar-refractivity contribution >= 4 is 23.8 Å². The molecule has 4 rings (SSSR count). The standard InChI is InChI=1S/C19H19ClN4OS/c20-16-8-6-15(7-9-16)18-12-22(10-11-25-18)14-24-19(26)23(13-21-24)17-4-2-1-3-5-17/h1-9,13,18H,10-12,14H2. The van der Waals surface area contributed by atoms with Crippen LogP contribution in [-0.4, -0.2) is 38.9 Å². The average molecular weight is 387 g/mol. The molecule has 7 heteroatoms. The third kappa shape index (κ3) is 3.73. The average Bonchev–Trinajstić information content (AvgIpc) is 3.04. The summed E-state index contributed by atoms with van der Waals surface area (Å²) in [7, 11) is 0. The van der Waals surface area contributed by atoms with Crippen LogP contribution in [0.1, 0.15) is 11.7 Å². The summed E-state index contributed by atoms with van der Waals surface area (Å²) in [6.07, 6.45) is 1.81. The molecule has 5 nitrogen and oxygen atoms in total. The van der Waals surface area contributed by atoms with Gasteiger partial charge in [-0.05, 0) is 42.0 Å². The van der Waals surface area contributed by atoms with Crippen LogP contribution in [0.3, 0.4) is 0 Å². The Bertz CT molecular complexity index is 923. The lowest BCUT2D eigenvalue weighted by molar-refractivity contribution is -0.0418. The molecule has 1 aromatic heterocycles. The molecule has 0 saturated carbocycles. The molecule has 0 aliphatic carbocycles. The van der Waals surface area contributed by atoms with E-state index >= 15 is 0 Å². The number of aromatic nitrogens is 3. The molecule has 0 radical (unpaired) electrons. The summed E-state index contributed by atoms with van der Waals surface area (Å²) >= 11 is 11.6. The Morgan fingerprint density at radius 2 is 1.88 bits per heavy atom. The second-order valence-electron chi connectivity index (χ2n) is 6.25. The van der Waals surface area contributed by atoms with E-state index < -0.39 is 0 Å². The van der Waals surface area contributed by atoms with E-state index in [1.165, 1.54) is 0 Å². The molecule has 2 heterocycles. The monoisotopic (exact) mass is 386 g/mol. The van der Waals surface area contributed by atoms with Gasteiger partial charge in [0.1, 0.15) is 6.33 Å². The lowest BCUT2D eigenvalue weighted by Gasteiger charge is -2.32. The minimum absolute atomic E-state index is 0.0337. The molecule has 0 spiro atoms. The van der Waals surface area contributed by atoms with Crippen molar-refractivity contribution in [2.24, 2.45) is 0 Å². The first-order valence-corrected chi connectivity index (χ1v) is 9.28. The first-order chi connectivity index (χ1) is 12.7. The fraction of sp³-hybridized carbons (Fsp3) is 0.263. The third-order valence-corrected chi connectivity index (χ3v) is 5.15. The molecule has 1 aliphatic rings. The summed E-state index contributed by atoms with van der Waals surface area (Å²) < 4.78 is 10.4. The number of hydrogen-bond acceptors (Lipinski definition) is 4. The zero-order valence-electron chi connectivity index (χ0n) is 14.2. The van der Waals surface area contributed by atoms with Gasteiger partial charge in [-0.1, -0.05) is 41.9 Å². The zero-order chi connectivity index (χ0) is 17.9. The number of para-hydroxylation sites is 1. The fourth-order valence-corrected chi connectivity index (χ4v) is 3.48. The van der Waals surface area contributed by atoms with Crippen molar-refractivity contribution in [3.8, 4) is 5.69 Å². The van der Waals surface area contributed by atoms with E-state index in [9.17, 15) is 0 Å². The highest BCUT2D eigenvalue weighted by Gasteiger charge is 2.22. The Hall–Kier alpha value is -1.99. The van der Waals surface area contributed by atoms with Gasteiger partial charge < -0.3 is 4.74 Å². The maximum Gasteiger partial charge on any atom is 0.203 e. The topological polar surface area (TPSA) is 35.2 Å². The minimum atomic E-state index is 0.0337. The smallest absolute Gasteiger partial charge is 0.203 e. The van der Waals surface area contributed by atoms with E-state index in [2.05, 4.69) is 10.00 Å². The molecule has 1 saturated heterocycles. The lowest BCUT2D eigenvalue weighted by atomic mass is 10.1. The first kappa shape index (κ1) is 17.4. The number of ether oxygens (including phenoxy) is 1. The molecule has 0 amide bonds. The van der Waals surface area contributed by atoms with Crippen molar-refractivity contribution in [1.82, 2.24) is 19.2 Å². The Labute approximate surface area is 162 Å². The van der Waals surface area contributed by atoms with Crippen LogP contribution in [0.5, 0.6) is 0 Å². The maximum absolute atomic E-state index is 5.98. The number of hydrogen-bond donors (Lipinski definition) is 0. The molecule has 1 aliphatic heterocycles. The minimum Gasteiger partial charge on any atom is -0.371 e. The highest BCUT2D eigenvalue weighted by molar-refractivity contribution is 7.71. The van der Waals surface area contributed by atoms with Gasteiger partial charge in [-0.15, -0.1) is 0 Å². The van der Waals surface area contributed by atoms with E-state index in [1.54, 1.807) is 6.33 Å². The molecular formula is C19H19ClN4OS. The van der Waals surface area contributed by atoms with Crippen LogP contribution in [0.25, 0.3) is 5.69 Å². The van der Waals surface area contributed by atoms with Gasteiger partial charge in [-0.2, -0.15) is 5.10 Å². The highest BCUT2D eigenvalue weighted by Crippen LogP contribution is 2.24. The SMILES string of the molecule is S=c1n(-c2ccccc2)cnn1CN1CCOC(c2ccc(Cl)cc2)C1. The number of nitrogens with zero attached hydrogens (tertiary/aromatic N) is 4. The quantitative estimate of drug-likeness (QED) is 0.633. The van der Waals surface area contributed by atoms with Gasteiger partial charge in [0.2, 0.25) is 4.77 Å². The molecule has 1 fully saturated rings. The molecule has 134 valence electrons. The maximum atomic E-state index is 5.98.